The van der Waals surface area contributed by atoms with E-state index >= 15 is 0 Å². The lowest BCUT2D eigenvalue weighted by Gasteiger charge is -2.28. The van der Waals surface area contributed by atoms with Crippen LogP contribution in [0.3, 0.4) is 0 Å². The van der Waals surface area contributed by atoms with Gasteiger partial charge in [-0.25, -0.2) is 0 Å². The van der Waals surface area contributed by atoms with Gasteiger partial charge in [-0.3, -0.25) is 9.59 Å². The number of fused-ring (bicyclic) bond motifs is 1. The summed E-state index contributed by atoms with van der Waals surface area (Å²) >= 11 is 5.91. The highest BCUT2D eigenvalue weighted by Gasteiger charge is 2.29. The fourth-order valence-corrected chi connectivity index (χ4v) is 3.22. The van der Waals surface area contributed by atoms with Crippen LogP contribution in [0.2, 0.25) is 5.02 Å². The van der Waals surface area contributed by atoms with E-state index in [1.54, 1.807) is 38.4 Å². The number of nitrogens with zero attached hydrogens (tertiary/aromatic N) is 1. The number of amides is 2. The molecule has 1 atom stereocenters. The molecule has 0 aromatic heterocycles. The Bertz CT molecular complexity index is 856. The van der Waals surface area contributed by atoms with E-state index in [2.05, 4.69) is 5.32 Å². The van der Waals surface area contributed by atoms with Crippen molar-refractivity contribution >= 4 is 29.1 Å². The lowest BCUT2D eigenvalue weighted by atomic mass is 9.95. The van der Waals surface area contributed by atoms with Crippen LogP contribution in [0, 0.1) is 5.92 Å². The molecule has 0 saturated heterocycles. The second kappa shape index (κ2) is 8.31. The molecule has 7 heteroatoms. The number of halogens is 1. The van der Waals surface area contributed by atoms with Crippen LogP contribution < -0.4 is 14.8 Å². The van der Waals surface area contributed by atoms with E-state index < -0.39 is 0 Å². The van der Waals surface area contributed by atoms with Crippen LogP contribution in [0.15, 0.2) is 42.5 Å². The number of likely N-dealkylation sites (N-methyl/N-ethyl adjacent to an activating group) is 1. The highest BCUT2D eigenvalue weighted by molar-refractivity contribution is 6.30. The SMILES string of the molecule is COc1ccc2c(c1)CC(C(=O)N(C)CC(=O)Nc1cccc(Cl)c1)CO2. The monoisotopic (exact) mass is 388 g/mol. The van der Waals surface area contributed by atoms with Gasteiger partial charge in [-0.1, -0.05) is 17.7 Å². The minimum atomic E-state index is -0.339. The number of hydrogen-bond acceptors (Lipinski definition) is 4. The first-order valence-corrected chi connectivity index (χ1v) is 8.94. The standard InChI is InChI=1S/C20H21ClN2O4/c1-23(11-19(24)22-16-5-3-4-15(21)10-16)20(25)14-8-13-9-17(26-2)6-7-18(13)27-12-14/h3-7,9-10,14H,8,11-12H2,1-2H3,(H,22,24). The van der Waals surface area contributed by atoms with Gasteiger partial charge in [-0.15, -0.1) is 0 Å². The van der Waals surface area contributed by atoms with Crippen LogP contribution in [0.5, 0.6) is 11.5 Å². The maximum absolute atomic E-state index is 12.7. The molecule has 2 amide bonds. The summed E-state index contributed by atoms with van der Waals surface area (Å²) in [6, 6.07) is 12.4. The molecule has 2 aromatic carbocycles. The lowest BCUT2D eigenvalue weighted by molar-refractivity contribution is -0.138. The molecule has 2 aromatic rings. The van der Waals surface area contributed by atoms with Gasteiger partial charge < -0.3 is 19.7 Å². The Morgan fingerprint density at radius 1 is 1.30 bits per heavy atom. The van der Waals surface area contributed by atoms with Gasteiger partial charge in [0.05, 0.1) is 19.6 Å². The molecule has 1 unspecified atom stereocenters. The first-order chi connectivity index (χ1) is 13.0. The van der Waals surface area contributed by atoms with Gasteiger partial charge in [-0.05, 0) is 48.4 Å². The Balaban J connectivity index is 1.59. The molecule has 0 saturated carbocycles. The van der Waals surface area contributed by atoms with E-state index in [9.17, 15) is 9.59 Å². The van der Waals surface area contributed by atoms with E-state index in [0.29, 0.717) is 23.7 Å². The van der Waals surface area contributed by atoms with Crippen LogP contribution in [0.4, 0.5) is 5.69 Å². The number of carbonyl (C=O) groups is 2. The van der Waals surface area contributed by atoms with E-state index in [-0.39, 0.29) is 24.3 Å². The topological polar surface area (TPSA) is 67.9 Å². The molecule has 0 fully saturated rings. The van der Waals surface area contributed by atoms with Crippen LogP contribution in [0.25, 0.3) is 0 Å². The molecule has 1 aliphatic heterocycles. The highest BCUT2D eigenvalue weighted by atomic mass is 35.5. The quantitative estimate of drug-likeness (QED) is 0.855. The smallest absolute Gasteiger partial charge is 0.243 e. The minimum absolute atomic E-state index is 0.0488. The van der Waals surface area contributed by atoms with Crippen LogP contribution in [-0.2, 0) is 16.0 Å². The maximum Gasteiger partial charge on any atom is 0.243 e. The second-order valence-corrected chi connectivity index (χ2v) is 6.87. The van der Waals surface area contributed by atoms with Gasteiger partial charge in [0.15, 0.2) is 0 Å². The van der Waals surface area contributed by atoms with Gasteiger partial charge in [0.25, 0.3) is 0 Å². The first-order valence-electron chi connectivity index (χ1n) is 8.56. The van der Waals surface area contributed by atoms with Gasteiger partial charge >= 0.3 is 0 Å². The number of hydrogen-bond donors (Lipinski definition) is 1. The molecule has 6 nitrogen and oxygen atoms in total. The molecule has 3 rings (SSSR count). The molecule has 1 aliphatic rings. The van der Waals surface area contributed by atoms with Crippen LogP contribution >= 0.6 is 11.6 Å². The van der Waals surface area contributed by atoms with Crippen molar-refractivity contribution in [2.24, 2.45) is 5.92 Å². The third-order valence-electron chi connectivity index (χ3n) is 4.39. The van der Waals surface area contributed by atoms with Gasteiger partial charge in [0.1, 0.15) is 18.1 Å². The van der Waals surface area contributed by atoms with Gasteiger partial charge in [0.2, 0.25) is 11.8 Å². The summed E-state index contributed by atoms with van der Waals surface area (Å²) < 4.78 is 10.9. The van der Waals surface area contributed by atoms with E-state index in [0.717, 1.165) is 17.1 Å². The summed E-state index contributed by atoms with van der Waals surface area (Å²) in [6.07, 6.45) is 0.547. The Hall–Kier alpha value is -2.73. The summed E-state index contributed by atoms with van der Waals surface area (Å²) in [4.78, 5) is 26.3. The predicted molar refractivity (Wildman–Crippen MR) is 103 cm³/mol. The zero-order valence-corrected chi connectivity index (χ0v) is 16.0. The number of benzene rings is 2. The average Bonchev–Trinajstić information content (AvgIpc) is 2.66. The van der Waals surface area contributed by atoms with Crippen molar-refractivity contribution < 1.29 is 19.1 Å². The third kappa shape index (κ3) is 4.71. The Labute approximate surface area is 163 Å². The summed E-state index contributed by atoms with van der Waals surface area (Å²) in [5.74, 6) is 0.728. The Morgan fingerprint density at radius 2 is 2.11 bits per heavy atom. The fraction of sp³-hybridized carbons (Fsp3) is 0.300. The summed E-state index contributed by atoms with van der Waals surface area (Å²) in [7, 11) is 3.21. The summed E-state index contributed by atoms with van der Waals surface area (Å²) in [6.45, 7) is 0.241. The highest BCUT2D eigenvalue weighted by Crippen LogP contribution is 2.31. The molecule has 1 heterocycles. The average molecular weight is 389 g/mol. The Kier molecular flexibility index (Phi) is 5.86. The molecule has 27 heavy (non-hydrogen) atoms. The molecule has 0 bridgehead atoms. The molecular formula is C20H21ClN2O4. The fourth-order valence-electron chi connectivity index (χ4n) is 3.03. The van der Waals surface area contributed by atoms with Crippen LogP contribution in [-0.4, -0.2) is 44.0 Å². The normalized spacial score (nSPS) is 15.3. The molecule has 0 radical (unpaired) electrons. The van der Waals surface area contributed by atoms with E-state index in [4.69, 9.17) is 21.1 Å². The molecule has 142 valence electrons. The second-order valence-electron chi connectivity index (χ2n) is 6.44. The lowest BCUT2D eigenvalue weighted by Crippen LogP contribution is -2.42. The van der Waals surface area contributed by atoms with E-state index in [1.165, 1.54) is 4.90 Å². The molecular weight excluding hydrogens is 368 g/mol. The molecule has 0 aliphatic carbocycles. The summed E-state index contributed by atoms with van der Waals surface area (Å²) in [5.41, 5.74) is 1.52. The van der Waals surface area contributed by atoms with Crippen molar-refractivity contribution in [3.8, 4) is 11.5 Å². The number of anilines is 1. The Morgan fingerprint density at radius 3 is 2.85 bits per heavy atom. The van der Waals surface area contributed by atoms with Gasteiger partial charge in [0, 0.05) is 17.8 Å². The zero-order chi connectivity index (χ0) is 19.4. The first kappa shape index (κ1) is 19.0. The number of methoxy groups -OCH3 is 1. The van der Waals surface area contributed by atoms with Crippen LogP contribution in [0.1, 0.15) is 5.56 Å². The predicted octanol–water partition coefficient (Wildman–Crippen LogP) is 3.00. The van der Waals surface area contributed by atoms with E-state index in [1.807, 2.05) is 18.2 Å². The number of carbonyl (C=O) groups excluding carboxylic acids is 2. The molecule has 1 N–H and O–H groups in total. The number of ether oxygens (including phenoxy) is 2. The largest absolute Gasteiger partial charge is 0.497 e. The third-order valence-corrected chi connectivity index (χ3v) is 4.62. The number of nitrogens with one attached hydrogen (secondary N) is 1. The molecule has 0 spiro atoms. The minimum Gasteiger partial charge on any atom is -0.497 e. The zero-order valence-electron chi connectivity index (χ0n) is 15.2. The van der Waals surface area contributed by atoms with Crippen molar-refractivity contribution in [3.05, 3.63) is 53.1 Å². The number of rotatable bonds is 5. The van der Waals surface area contributed by atoms with Crippen molar-refractivity contribution in [3.63, 3.8) is 0 Å². The van der Waals surface area contributed by atoms with Crippen molar-refractivity contribution in [2.75, 3.05) is 32.6 Å². The van der Waals surface area contributed by atoms with Gasteiger partial charge in [-0.2, -0.15) is 0 Å². The van der Waals surface area contributed by atoms with Crippen molar-refractivity contribution in [1.29, 1.82) is 0 Å². The summed E-state index contributed by atoms with van der Waals surface area (Å²) in [5, 5.41) is 3.27. The van der Waals surface area contributed by atoms with Crippen molar-refractivity contribution in [1.82, 2.24) is 4.90 Å². The van der Waals surface area contributed by atoms with Crippen molar-refractivity contribution in [2.45, 2.75) is 6.42 Å². The maximum atomic E-state index is 12.7.